The van der Waals surface area contributed by atoms with Crippen molar-refractivity contribution in [1.82, 2.24) is 5.32 Å². The van der Waals surface area contributed by atoms with Gasteiger partial charge in [0.1, 0.15) is 0 Å². The third kappa shape index (κ3) is 4.98. The first-order valence-electron chi connectivity index (χ1n) is 5.96. The Balaban J connectivity index is 2.22. The summed E-state index contributed by atoms with van der Waals surface area (Å²) < 4.78 is 0. The Morgan fingerprint density at radius 2 is 1.73 bits per heavy atom. The lowest BCUT2D eigenvalue weighted by Gasteiger charge is -2.13. The predicted octanol–water partition coefficient (Wildman–Crippen LogP) is 3.43. The van der Waals surface area contributed by atoms with Crippen LogP contribution >= 0.6 is 0 Å². The molecule has 0 spiro atoms. The second-order valence-electron chi connectivity index (χ2n) is 4.70. The Bertz CT molecular complexity index is 253. The van der Waals surface area contributed by atoms with Crippen molar-refractivity contribution >= 4 is 0 Å². The zero-order chi connectivity index (χ0) is 11.1. The highest BCUT2D eigenvalue weighted by atomic mass is 14.8. The first-order chi connectivity index (χ1) is 7.20. The van der Waals surface area contributed by atoms with E-state index in [1.54, 1.807) is 0 Å². The van der Waals surface area contributed by atoms with Gasteiger partial charge in [-0.2, -0.15) is 0 Å². The predicted molar refractivity (Wildman–Crippen MR) is 67.2 cm³/mol. The summed E-state index contributed by atoms with van der Waals surface area (Å²) in [6.07, 6.45) is 1.27. The molecular weight excluding hydrogens is 182 g/mol. The molecule has 1 nitrogen and oxygen atoms in total. The number of benzene rings is 1. The summed E-state index contributed by atoms with van der Waals surface area (Å²) in [6.45, 7) is 9.02. The van der Waals surface area contributed by atoms with E-state index in [1.807, 2.05) is 0 Å². The van der Waals surface area contributed by atoms with Crippen LogP contribution < -0.4 is 5.32 Å². The second-order valence-corrected chi connectivity index (χ2v) is 4.70. The standard InChI is InChI=1S/C14H23N/c1-12(2)9-10-15-11-13(3)14-7-5-4-6-8-14/h4-8,12-13,15H,9-11H2,1-3H3. The number of nitrogens with one attached hydrogen (secondary N) is 1. The van der Waals surface area contributed by atoms with Crippen LogP contribution in [0, 0.1) is 5.92 Å². The van der Waals surface area contributed by atoms with Gasteiger partial charge in [-0.25, -0.2) is 0 Å². The molecule has 84 valence electrons. The maximum Gasteiger partial charge on any atom is 0.00174 e. The molecule has 0 heterocycles. The molecule has 0 radical (unpaired) electrons. The van der Waals surface area contributed by atoms with Crippen molar-refractivity contribution in [2.75, 3.05) is 13.1 Å². The average molecular weight is 205 g/mol. The van der Waals surface area contributed by atoms with Crippen LogP contribution in [0.25, 0.3) is 0 Å². The topological polar surface area (TPSA) is 12.0 Å². The summed E-state index contributed by atoms with van der Waals surface area (Å²) in [5.74, 6) is 1.41. The third-order valence-corrected chi connectivity index (χ3v) is 2.72. The zero-order valence-corrected chi connectivity index (χ0v) is 10.2. The Labute approximate surface area is 93.9 Å². The molecule has 1 N–H and O–H groups in total. The fourth-order valence-corrected chi connectivity index (χ4v) is 1.61. The van der Waals surface area contributed by atoms with Gasteiger partial charge in [0.15, 0.2) is 0 Å². The van der Waals surface area contributed by atoms with E-state index >= 15 is 0 Å². The summed E-state index contributed by atoms with van der Waals surface area (Å²) in [5, 5.41) is 3.51. The van der Waals surface area contributed by atoms with E-state index in [4.69, 9.17) is 0 Å². The quantitative estimate of drug-likeness (QED) is 0.702. The van der Waals surface area contributed by atoms with E-state index < -0.39 is 0 Å². The van der Waals surface area contributed by atoms with Gasteiger partial charge in [0, 0.05) is 6.54 Å². The van der Waals surface area contributed by atoms with Crippen LogP contribution in [-0.2, 0) is 0 Å². The highest BCUT2D eigenvalue weighted by Crippen LogP contribution is 2.12. The van der Waals surface area contributed by atoms with E-state index in [0.717, 1.165) is 19.0 Å². The van der Waals surface area contributed by atoms with Crippen molar-refractivity contribution in [3.63, 3.8) is 0 Å². The van der Waals surface area contributed by atoms with E-state index in [-0.39, 0.29) is 0 Å². The molecular formula is C14H23N. The van der Waals surface area contributed by atoms with Crippen molar-refractivity contribution in [3.05, 3.63) is 35.9 Å². The van der Waals surface area contributed by atoms with Gasteiger partial charge in [0.2, 0.25) is 0 Å². The maximum absolute atomic E-state index is 3.51. The largest absolute Gasteiger partial charge is 0.316 e. The second kappa shape index (κ2) is 6.62. The fourth-order valence-electron chi connectivity index (χ4n) is 1.61. The highest BCUT2D eigenvalue weighted by molar-refractivity contribution is 5.18. The van der Waals surface area contributed by atoms with Crippen molar-refractivity contribution in [1.29, 1.82) is 0 Å². The molecule has 0 bridgehead atoms. The van der Waals surface area contributed by atoms with Crippen LogP contribution in [0.15, 0.2) is 30.3 Å². The first-order valence-corrected chi connectivity index (χ1v) is 5.96. The van der Waals surface area contributed by atoms with Gasteiger partial charge in [-0.05, 0) is 30.4 Å². The molecule has 1 rings (SSSR count). The normalized spacial score (nSPS) is 13.1. The van der Waals surface area contributed by atoms with Crippen LogP contribution in [0.5, 0.6) is 0 Å². The van der Waals surface area contributed by atoms with Crippen molar-refractivity contribution in [3.8, 4) is 0 Å². The summed E-state index contributed by atoms with van der Waals surface area (Å²) in [6, 6.07) is 10.7. The van der Waals surface area contributed by atoms with Crippen LogP contribution in [0.1, 0.15) is 38.7 Å². The molecule has 0 fully saturated rings. The van der Waals surface area contributed by atoms with E-state index in [2.05, 4.69) is 56.4 Å². The molecule has 0 saturated carbocycles. The first kappa shape index (κ1) is 12.3. The average Bonchev–Trinajstić information content (AvgIpc) is 2.25. The molecule has 1 aromatic rings. The van der Waals surface area contributed by atoms with Gasteiger partial charge in [-0.3, -0.25) is 0 Å². The monoisotopic (exact) mass is 205 g/mol. The molecule has 1 atom stereocenters. The minimum atomic E-state index is 0.610. The summed E-state index contributed by atoms with van der Waals surface area (Å²) >= 11 is 0. The molecule has 0 aliphatic carbocycles. The van der Waals surface area contributed by atoms with Crippen molar-refractivity contribution in [2.45, 2.75) is 33.1 Å². The van der Waals surface area contributed by atoms with Gasteiger partial charge in [-0.1, -0.05) is 51.1 Å². The zero-order valence-electron chi connectivity index (χ0n) is 10.2. The lowest BCUT2D eigenvalue weighted by Crippen LogP contribution is -2.22. The molecule has 0 aromatic heterocycles. The van der Waals surface area contributed by atoms with Crippen LogP contribution in [0.3, 0.4) is 0 Å². The fraction of sp³-hybridized carbons (Fsp3) is 0.571. The molecule has 0 aliphatic heterocycles. The minimum Gasteiger partial charge on any atom is -0.316 e. The third-order valence-electron chi connectivity index (χ3n) is 2.72. The van der Waals surface area contributed by atoms with E-state index in [0.29, 0.717) is 5.92 Å². The smallest absolute Gasteiger partial charge is 0.00174 e. The van der Waals surface area contributed by atoms with Crippen molar-refractivity contribution in [2.24, 2.45) is 5.92 Å². The van der Waals surface area contributed by atoms with Gasteiger partial charge < -0.3 is 5.32 Å². The molecule has 1 heteroatoms. The number of hydrogen-bond acceptors (Lipinski definition) is 1. The lowest BCUT2D eigenvalue weighted by molar-refractivity contribution is 0.522. The van der Waals surface area contributed by atoms with E-state index in [9.17, 15) is 0 Å². The number of hydrogen-bond donors (Lipinski definition) is 1. The molecule has 0 saturated heterocycles. The maximum atomic E-state index is 3.51. The summed E-state index contributed by atoms with van der Waals surface area (Å²) in [7, 11) is 0. The Morgan fingerprint density at radius 3 is 2.33 bits per heavy atom. The van der Waals surface area contributed by atoms with Crippen LogP contribution in [0.4, 0.5) is 0 Å². The molecule has 15 heavy (non-hydrogen) atoms. The lowest BCUT2D eigenvalue weighted by atomic mass is 10.0. The highest BCUT2D eigenvalue weighted by Gasteiger charge is 2.03. The van der Waals surface area contributed by atoms with Gasteiger partial charge >= 0.3 is 0 Å². The van der Waals surface area contributed by atoms with E-state index in [1.165, 1.54) is 12.0 Å². The molecule has 0 amide bonds. The van der Waals surface area contributed by atoms with Crippen LogP contribution in [-0.4, -0.2) is 13.1 Å². The Hall–Kier alpha value is -0.820. The van der Waals surface area contributed by atoms with Gasteiger partial charge in [-0.15, -0.1) is 0 Å². The molecule has 1 aromatic carbocycles. The Morgan fingerprint density at radius 1 is 1.07 bits per heavy atom. The molecule has 0 aliphatic rings. The molecule has 1 unspecified atom stereocenters. The SMILES string of the molecule is CC(C)CCNCC(C)c1ccccc1. The summed E-state index contributed by atoms with van der Waals surface area (Å²) in [4.78, 5) is 0. The minimum absolute atomic E-state index is 0.610. The van der Waals surface area contributed by atoms with Crippen molar-refractivity contribution < 1.29 is 0 Å². The van der Waals surface area contributed by atoms with Crippen LogP contribution in [0.2, 0.25) is 0 Å². The van der Waals surface area contributed by atoms with Gasteiger partial charge in [0.05, 0.1) is 0 Å². The van der Waals surface area contributed by atoms with Gasteiger partial charge in [0.25, 0.3) is 0 Å². The number of rotatable bonds is 6. The summed E-state index contributed by atoms with van der Waals surface area (Å²) in [5.41, 5.74) is 1.43. The Kier molecular flexibility index (Phi) is 5.41.